The highest BCUT2D eigenvalue weighted by molar-refractivity contribution is 7.90. The molecule has 1 amide bonds. The summed E-state index contributed by atoms with van der Waals surface area (Å²) in [6, 6.07) is 2.99. The maximum Gasteiger partial charge on any atom is 0.425 e. The normalized spacial score (nSPS) is 19.9. The third kappa shape index (κ3) is 6.32. The summed E-state index contributed by atoms with van der Waals surface area (Å²) >= 11 is 0. The smallest absolute Gasteiger partial charge is 0.425 e. The first kappa shape index (κ1) is 26.1. The molecule has 0 aromatic heterocycles. The second kappa shape index (κ2) is 9.25. The number of carbonyl (C=O) groups is 1. The molecule has 1 fully saturated rings. The molecular formula is C21H21F6NO5S. The minimum atomic E-state index is -4.72. The Morgan fingerprint density at radius 3 is 2.38 bits per heavy atom. The van der Waals surface area contributed by atoms with Crippen LogP contribution in [-0.4, -0.2) is 69.7 Å². The number of nitrogens with zero attached hydrogens (tertiary/aromatic N) is 1. The van der Waals surface area contributed by atoms with E-state index in [1.54, 1.807) is 6.08 Å². The molecule has 0 radical (unpaired) electrons. The number of rotatable bonds is 6. The third-order valence-electron chi connectivity index (χ3n) is 5.24. The molecular weight excluding hydrogens is 492 g/mol. The van der Waals surface area contributed by atoms with Crippen LogP contribution in [0.1, 0.15) is 23.7 Å². The topological polar surface area (TPSA) is 72.9 Å². The zero-order valence-electron chi connectivity index (χ0n) is 18.0. The van der Waals surface area contributed by atoms with Crippen molar-refractivity contribution >= 4 is 15.7 Å². The molecule has 3 rings (SSSR count). The van der Waals surface area contributed by atoms with Crippen LogP contribution >= 0.6 is 0 Å². The average molecular weight is 513 g/mol. The van der Waals surface area contributed by atoms with E-state index in [-0.39, 0.29) is 30.0 Å². The maximum atomic E-state index is 13.2. The molecule has 0 N–H and O–H groups in total. The average Bonchev–Trinajstić information content (AvgIpc) is 3.13. The third-order valence-corrected chi connectivity index (χ3v) is 6.35. The van der Waals surface area contributed by atoms with Gasteiger partial charge in [0.1, 0.15) is 12.4 Å². The Balaban J connectivity index is 1.86. The van der Waals surface area contributed by atoms with Crippen LogP contribution in [0, 0.1) is 0 Å². The first-order chi connectivity index (χ1) is 15.5. The molecule has 188 valence electrons. The highest BCUT2D eigenvalue weighted by atomic mass is 32.2. The van der Waals surface area contributed by atoms with E-state index in [0.717, 1.165) is 31.4 Å². The number of ether oxygens (including phenoxy) is 2. The SMILES string of the molecule is C[C@H](Oc1ccc(S(C)(=O)=O)cc1C(=O)N1CC2=CCC(OCC(F)(F)F)C=C2C1)C(F)(F)F. The minimum absolute atomic E-state index is 0.0338. The fraction of sp³-hybridized carbons (Fsp3) is 0.476. The molecule has 0 saturated carbocycles. The lowest BCUT2D eigenvalue weighted by Gasteiger charge is -2.22. The van der Waals surface area contributed by atoms with Crippen LogP contribution in [0.3, 0.4) is 0 Å². The van der Waals surface area contributed by atoms with E-state index < -0.39 is 52.7 Å². The quantitative estimate of drug-likeness (QED) is 0.537. The zero-order valence-corrected chi connectivity index (χ0v) is 18.9. The monoisotopic (exact) mass is 513 g/mol. The van der Waals surface area contributed by atoms with Gasteiger partial charge in [0.15, 0.2) is 15.9 Å². The maximum absolute atomic E-state index is 13.2. The van der Waals surface area contributed by atoms with E-state index in [0.29, 0.717) is 11.1 Å². The lowest BCUT2D eigenvalue weighted by molar-refractivity contribution is -0.189. The van der Waals surface area contributed by atoms with E-state index >= 15 is 0 Å². The highest BCUT2D eigenvalue weighted by Crippen LogP contribution is 2.33. The predicted octanol–water partition coefficient (Wildman–Crippen LogP) is 4.08. The van der Waals surface area contributed by atoms with Gasteiger partial charge in [-0.15, -0.1) is 0 Å². The van der Waals surface area contributed by atoms with E-state index in [1.807, 2.05) is 0 Å². The summed E-state index contributed by atoms with van der Waals surface area (Å²) in [5.41, 5.74) is 0.853. The Labute approximate surface area is 191 Å². The first-order valence-electron chi connectivity index (χ1n) is 10.00. The summed E-state index contributed by atoms with van der Waals surface area (Å²) in [5, 5.41) is 0. The van der Waals surface area contributed by atoms with Crippen LogP contribution in [0.4, 0.5) is 26.3 Å². The summed E-state index contributed by atoms with van der Waals surface area (Å²) in [4.78, 5) is 14.2. The van der Waals surface area contributed by atoms with Gasteiger partial charge in [0.05, 0.1) is 16.6 Å². The Bertz CT molecular complexity index is 1120. The van der Waals surface area contributed by atoms with Gasteiger partial charge >= 0.3 is 12.4 Å². The van der Waals surface area contributed by atoms with Gasteiger partial charge in [-0.25, -0.2) is 8.42 Å². The number of alkyl halides is 6. The second-order valence-electron chi connectivity index (χ2n) is 8.01. The van der Waals surface area contributed by atoms with Crippen molar-refractivity contribution in [2.45, 2.75) is 42.8 Å². The largest absolute Gasteiger partial charge is 0.480 e. The summed E-state index contributed by atoms with van der Waals surface area (Å²) in [7, 11) is -3.78. The number of carbonyl (C=O) groups excluding carboxylic acids is 1. The Kier molecular flexibility index (Phi) is 7.09. The Morgan fingerprint density at radius 2 is 1.79 bits per heavy atom. The first-order valence-corrected chi connectivity index (χ1v) is 11.9. The van der Waals surface area contributed by atoms with Crippen molar-refractivity contribution in [3.05, 3.63) is 47.1 Å². The number of hydrogen-bond donors (Lipinski definition) is 0. The van der Waals surface area contributed by atoms with Gasteiger partial charge in [0.2, 0.25) is 0 Å². The molecule has 34 heavy (non-hydrogen) atoms. The van der Waals surface area contributed by atoms with Crippen molar-refractivity contribution in [2.75, 3.05) is 26.0 Å². The van der Waals surface area contributed by atoms with E-state index in [1.165, 1.54) is 11.0 Å². The number of hydrogen-bond acceptors (Lipinski definition) is 5. The van der Waals surface area contributed by atoms with E-state index in [4.69, 9.17) is 9.47 Å². The van der Waals surface area contributed by atoms with Gasteiger partial charge in [-0.2, -0.15) is 26.3 Å². The lowest BCUT2D eigenvalue weighted by atomic mass is 9.99. The van der Waals surface area contributed by atoms with Crippen LogP contribution in [0.5, 0.6) is 5.75 Å². The van der Waals surface area contributed by atoms with Crippen LogP contribution < -0.4 is 4.74 Å². The molecule has 1 saturated heterocycles. The van der Waals surface area contributed by atoms with Crippen molar-refractivity contribution < 1.29 is 49.0 Å². The zero-order chi connectivity index (χ0) is 25.5. The van der Waals surface area contributed by atoms with Crippen molar-refractivity contribution in [3.63, 3.8) is 0 Å². The Hall–Kier alpha value is -2.54. The predicted molar refractivity (Wildman–Crippen MR) is 108 cm³/mol. The van der Waals surface area contributed by atoms with Gasteiger partial charge in [0.25, 0.3) is 5.91 Å². The van der Waals surface area contributed by atoms with Crippen molar-refractivity contribution in [3.8, 4) is 5.75 Å². The summed E-state index contributed by atoms with van der Waals surface area (Å²) < 4.78 is 110. The van der Waals surface area contributed by atoms with Crippen LogP contribution in [0.15, 0.2) is 46.4 Å². The minimum Gasteiger partial charge on any atom is -0.480 e. The fourth-order valence-corrected chi connectivity index (χ4v) is 4.12. The van der Waals surface area contributed by atoms with E-state index in [9.17, 15) is 39.6 Å². The molecule has 13 heteroatoms. The number of fused-ring (bicyclic) bond motifs is 1. The number of likely N-dealkylation sites (tertiary alicyclic amines) is 1. The number of amides is 1. The lowest BCUT2D eigenvalue weighted by Crippen LogP contribution is -2.33. The molecule has 1 aliphatic carbocycles. The van der Waals surface area contributed by atoms with Gasteiger partial charge in [-0.05, 0) is 42.7 Å². The molecule has 1 unspecified atom stereocenters. The molecule has 6 nitrogen and oxygen atoms in total. The van der Waals surface area contributed by atoms with Crippen molar-refractivity contribution in [2.24, 2.45) is 0 Å². The molecule has 1 aromatic rings. The van der Waals surface area contributed by atoms with Gasteiger partial charge in [-0.3, -0.25) is 4.79 Å². The highest BCUT2D eigenvalue weighted by Gasteiger charge is 2.39. The number of sulfone groups is 1. The van der Waals surface area contributed by atoms with Gasteiger partial charge < -0.3 is 14.4 Å². The summed E-state index contributed by atoms with van der Waals surface area (Å²) in [5.74, 6) is -1.22. The summed E-state index contributed by atoms with van der Waals surface area (Å²) in [6.45, 7) is -0.661. The fourth-order valence-electron chi connectivity index (χ4n) is 3.48. The number of benzene rings is 1. The Morgan fingerprint density at radius 1 is 1.15 bits per heavy atom. The number of halogens is 6. The molecule has 0 bridgehead atoms. The molecule has 0 spiro atoms. The molecule has 1 aromatic carbocycles. The summed E-state index contributed by atoms with van der Waals surface area (Å²) in [6.07, 6.45) is -8.15. The van der Waals surface area contributed by atoms with Gasteiger partial charge in [0, 0.05) is 19.3 Å². The van der Waals surface area contributed by atoms with Crippen LogP contribution in [-0.2, 0) is 14.6 Å². The molecule has 2 aliphatic rings. The standard InChI is InChI=1S/C21H21F6NO5S/c1-12(21(25,26)27)33-18-6-5-16(34(2,30)31)8-17(18)19(29)28-9-13-3-4-15(7-14(13)10-28)32-11-20(22,23)24/h3,5-8,12,15H,4,9-11H2,1-2H3/t12-,15?/m0/s1. The van der Waals surface area contributed by atoms with Crippen molar-refractivity contribution in [1.82, 2.24) is 4.90 Å². The van der Waals surface area contributed by atoms with Crippen LogP contribution in [0.25, 0.3) is 0 Å². The second-order valence-corrected chi connectivity index (χ2v) is 10.0. The van der Waals surface area contributed by atoms with Gasteiger partial charge in [-0.1, -0.05) is 12.2 Å². The van der Waals surface area contributed by atoms with Crippen molar-refractivity contribution in [1.29, 1.82) is 0 Å². The van der Waals surface area contributed by atoms with Crippen LogP contribution in [0.2, 0.25) is 0 Å². The molecule has 1 heterocycles. The molecule has 1 aliphatic heterocycles. The van der Waals surface area contributed by atoms with E-state index in [2.05, 4.69) is 0 Å². The molecule has 2 atom stereocenters.